The molecule has 3 heteroatoms. The maximum Gasteiger partial charge on any atom is 0.0938 e. The minimum absolute atomic E-state index is 0.917. The lowest BCUT2D eigenvalue weighted by atomic mass is 10.5. The van der Waals surface area contributed by atoms with Gasteiger partial charge in [-0.25, -0.2) is 0 Å². The van der Waals surface area contributed by atoms with Crippen molar-refractivity contribution in [1.29, 1.82) is 0 Å². The summed E-state index contributed by atoms with van der Waals surface area (Å²) in [6.07, 6.45) is 3.85. The monoisotopic (exact) mass is 157 g/mol. The Bertz CT molecular complexity index is 191. The Morgan fingerprint density at radius 3 is 3.00 bits per heavy atom. The fourth-order valence-corrected chi connectivity index (χ4v) is 1.04. The molecule has 48 valence electrons. The van der Waals surface area contributed by atoms with Crippen LogP contribution < -0.4 is 0 Å². The number of rotatable bonds is 1. The SMILES string of the molecule is CSC(=S)c1ccc[nH]1. The summed E-state index contributed by atoms with van der Waals surface area (Å²) < 4.78 is 0.917. The topological polar surface area (TPSA) is 15.8 Å². The van der Waals surface area contributed by atoms with E-state index in [4.69, 9.17) is 12.2 Å². The Morgan fingerprint density at radius 1 is 1.78 bits per heavy atom. The van der Waals surface area contributed by atoms with Crippen molar-refractivity contribution in [3.05, 3.63) is 24.0 Å². The molecule has 0 aromatic carbocycles. The van der Waals surface area contributed by atoms with Gasteiger partial charge in [-0.1, -0.05) is 12.2 Å². The zero-order valence-electron chi connectivity index (χ0n) is 5.05. The predicted octanol–water partition coefficient (Wildman–Crippen LogP) is 2.05. The van der Waals surface area contributed by atoms with Crippen LogP contribution in [0.5, 0.6) is 0 Å². The lowest BCUT2D eigenvalue weighted by Gasteiger charge is -1.91. The Morgan fingerprint density at radius 2 is 2.56 bits per heavy atom. The molecule has 0 amide bonds. The van der Waals surface area contributed by atoms with Gasteiger partial charge in [0.1, 0.15) is 0 Å². The Labute approximate surface area is 63.9 Å². The van der Waals surface area contributed by atoms with Gasteiger partial charge in [0.15, 0.2) is 0 Å². The van der Waals surface area contributed by atoms with Crippen LogP contribution in [-0.2, 0) is 0 Å². The fraction of sp³-hybridized carbons (Fsp3) is 0.167. The number of hydrogen-bond acceptors (Lipinski definition) is 2. The molecular weight excluding hydrogens is 150 g/mol. The third-order valence-corrected chi connectivity index (χ3v) is 2.31. The largest absolute Gasteiger partial charge is 0.360 e. The van der Waals surface area contributed by atoms with Crippen molar-refractivity contribution in [3.8, 4) is 0 Å². The van der Waals surface area contributed by atoms with E-state index in [1.165, 1.54) is 0 Å². The zero-order valence-corrected chi connectivity index (χ0v) is 6.68. The van der Waals surface area contributed by atoms with Gasteiger partial charge in [-0.15, -0.1) is 11.8 Å². The van der Waals surface area contributed by atoms with Crippen molar-refractivity contribution in [3.63, 3.8) is 0 Å². The number of thiocarbonyl (C=S) groups is 1. The molecule has 1 heterocycles. The van der Waals surface area contributed by atoms with E-state index in [9.17, 15) is 0 Å². The summed E-state index contributed by atoms with van der Waals surface area (Å²) in [6, 6.07) is 3.91. The van der Waals surface area contributed by atoms with Crippen molar-refractivity contribution in [2.24, 2.45) is 0 Å². The molecule has 0 aliphatic rings. The van der Waals surface area contributed by atoms with Crippen molar-refractivity contribution in [1.82, 2.24) is 4.98 Å². The van der Waals surface area contributed by atoms with Gasteiger partial charge in [-0.3, -0.25) is 0 Å². The van der Waals surface area contributed by atoms with Crippen LogP contribution in [0.25, 0.3) is 0 Å². The summed E-state index contributed by atoms with van der Waals surface area (Å²) in [5, 5.41) is 0. The molecule has 0 bridgehead atoms. The predicted molar refractivity (Wildman–Crippen MR) is 46.0 cm³/mol. The molecule has 0 aliphatic heterocycles. The average molecular weight is 157 g/mol. The average Bonchev–Trinajstić information content (AvgIpc) is 2.37. The van der Waals surface area contributed by atoms with E-state index in [0.717, 1.165) is 9.89 Å². The van der Waals surface area contributed by atoms with E-state index in [2.05, 4.69) is 4.98 Å². The smallest absolute Gasteiger partial charge is 0.0938 e. The number of H-pyrrole nitrogens is 1. The standard InChI is InChI=1S/C6H7NS2/c1-9-6(8)5-3-2-4-7-5/h2-4,7H,1H3. The molecule has 0 atom stereocenters. The molecule has 1 aromatic rings. The molecule has 0 saturated carbocycles. The third-order valence-electron chi connectivity index (χ3n) is 1.00. The van der Waals surface area contributed by atoms with Gasteiger partial charge in [0.05, 0.1) is 9.89 Å². The van der Waals surface area contributed by atoms with E-state index in [1.54, 1.807) is 11.8 Å². The van der Waals surface area contributed by atoms with Gasteiger partial charge in [0, 0.05) is 6.20 Å². The molecule has 0 fully saturated rings. The minimum atomic E-state index is 0.917. The molecule has 0 spiro atoms. The van der Waals surface area contributed by atoms with E-state index < -0.39 is 0 Å². The third kappa shape index (κ3) is 1.56. The highest BCUT2D eigenvalue weighted by Crippen LogP contribution is 2.07. The first-order chi connectivity index (χ1) is 4.34. The van der Waals surface area contributed by atoms with Crippen LogP contribution >= 0.6 is 24.0 Å². The Balaban J connectivity index is 2.77. The maximum atomic E-state index is 5.01. The molecule has 9 heavy (non-hydrogen) atoms. The van der Waals surface area contributed by atoms with Gasteiger partial charge < -0.3 is 4.98 Å². The molecule has 0 unspecified atom stereocenters. The molecule has 1 aromatic heterocycles. The Kier molecular flexibility index (Phi) is 2.30. The summed E-state index contributed by atoms with van der Waals surface area (Å²) in [5.74, 6) is 0. The second-order valence-electron chi connectivity index (χ2n) is 1.58. The summed E-state index contributed by atoms with van der Waals surface area (Å²) in [4.78, 5) is 3.03. The molecule has 0 aliphatic carbocycles. The second kappa shape index (κ2) is 3.03. The van der Waals surface area contributed by atoms with Gasteiger partial charge in [0.25, 0.3) is 0 Å². The Hall–Kier alpha value is -0.280. The van der Waals surface area contributed by atoms with E-state index in [1.807, 2.05) is 24.6 Å². The van der Waals surface area contributed by atoms with Crippen LogP contribution in [0.2, 0.25) is 0 Å². The second-order valence-corrected chi connectivity index (χ2v) is 3.06. The van der Waals surface area contributed by atoms with Gasteiger partial charge in [-0.05, 0) is 18.4 Å². The maximum absolute atomic E-state index is 5.01. The lowest BCUT2D eigenvalue weighted by Crippen LogP contribution is -1.88. The summed E-state index contributed by atoms with van der Waals surface area (Å²) in [6.45, 7) is 0. The summed E-state index contributed by atoms with van der Waals surface area (Å²) in [5.41, 5.74) is 1.04. The molecule has 1 N–H and O–H groups in total. The van der Waals surface area contributed by atoms with Gasteiger partial charge in [-0.2, -0.15) is 0 Å². The van der Waals surface area contributed by atoms with Crippen LogP contribution in [0.4, 0.5) is 0 Å². The first-order valence-corrected chi connectivity index (χ1v) is 4.19. The van der Waals surface area contributed by atoms with E-state index in [0.29, 0.717) is 0 Å². The van der Waals surface area contributed by atoms with Crippen LogP contribution in [0.15, 0.2) is 18.3 Å². The molecule has 0 saturated heterocycles. The number of aromatic amines is 1. The highest BCUT2D eigenvalue weighted by Gasteiger charge is 1.96. The van der Waals surface area contributed by atoms with Gasteiger partial charge in [0.2, 0.25) is 0 Å². The van der Waals surface area contributed by atoms with Crippen molar-refractivity contribution < 1.29 is 0 Å². The number of aromatic nitrogens is 1. The van der Waals surface area contributed by atoms with E-state index >= 15 is 0 Å². The van der Waals surface area contributed by atoms with Crippen molar-refractivity contribution in [2.75, 3.05) is 6.26 Å². The van der Waals surface area contributed by atoms with Crippen LogP contribution in [0.3, 0.4) is 0 Å². The fourth-order valence-electron chi connectivity index (χ4n) is 0.567. The van der Waals surface area contributed by atoms with Crippen molar-refractivity contribution in [2.45, 2.75) is 0 Å². The first kappa shape index (κ1) is 6.83. The highest BCUT2D eigenvalue weighted by atomic mass is 32.2. The highest BCUT2D eigenvalue weighted by molar-refractivity contribution is 8.23. The number of thioether (sulfide) groups is 1. The molecule has 1 nitrogen and oxygen atoms in total. The number of hydrogen-bond donors (Lipinski definition) is 1. The van der Waals surface area contributed by atoms with E-state index in [-0.39, 0.29) is 0 Å². The molecule has 0 radical (unpaired) electrons. The van der Waals surface area contributed by atoms with Crippen molar-refractivity contribution >= 4 is 28.2 Å². The van der Waals surface area contributed by atoms with Crippen LogP contribution in [0.1, 0.15) is 5.69 Å². The normalized spacial score (nSPS) is 9.44. The first-order valence-electron chi connectivity index (χ1n) is 2.56. The zero-order chi connectivity index (χ0) is 6.69. The summed E-state index contributed by atoms with van der Waals surface area (Å²) >= 11 is 6.59. The quantitative estimate of drug-likeness (QED) is 0.628. The van der Waals surface area contributed by atoms with Gasteiger partial charge >= 0.3 is 0 Å². The minimum Gasteiger partial charge on any atom is -0.360 e. The molecule has 1 rings (SSSR count). The molecular formula is C6H7NS2. The van der Waals surface area contributed by atoms with Crippen LogP contribution in [-0.4, -0.2) is 15.4 Å². The number of nitrogens with one attached hydrogen (secondary N) is 1. The lowest BCUT2D eigenvalue weighted by molar-refractivity contribution is 1.39. The summed E-state index contributed by atoms with van der Waals surface area (Å²) in [7, 11) is 0. The van der Waals surface area contributed by atoms with Crippen LogP contribution in [0, 0.1) is 0 Å².